The Morgan fingerprint density at radius 2 is 2.04 bits per heavy atom. The number of rotatable bonds is 7. The van der Waals surface area contributed by atoms with E-state index in [0.717, 1.165) is 49.8 Å². The van der Waals surface area contributed by atoms with E-state index in [2.05, 4.69) is 38.0 Å². The monoisotopic (exact) mass is 534 g/mol. The number of guanidine groups is 1. The maximum absolute atomic E-state index is 13.6. The highest BCUT2D eigenvalue weighted by Crippen LogP contribution is 2.24. The zero-order valence-corrected chi connectivity index (χ0v) is 20.0. The number of piperidine rings is 1. The quantitative estimate of drug-likeness (QED) is 0.236. The van der Waals surface area contributed by atoms with Crippen molar-refractivity contribution in [3.63, 3.8) is 0 Å². The number of nitrogens with zero attached hydrogens (tertiary/aromatic N) is 2. The molecule has 1 saturated heterocycles. The predicted octanol–water partition coefficient (Wildman–Crippen LogP) is 4.57. The fourth-order valence-corrected chi connectivity index (χ4v) is 4.75. The molecule has 0 bridgehead atoms. The van der Waals surface area contributed by atoms with Gasteiger partial charge in [0.2, 0.25) is 0 Å². The summed E-state index contributed by atoms with van der Waals surface area (Å²) in [6, 6.07) is 11.7. The van der Waals surface area contributed by atoms with Gasteiger partial charge in [0, 0.05) is 44.2 Å². The lowest BCUT2D eigenvalue weighted by Crippen LogP contribution is -2.49. The number of nitrogens with one attached hydrogen (secondary N) is 2. The number of halogens is 2. The van der Waals surface area contributed by atoms with Gasteiger partial charge in [-0.15, -0.1) is 35.3 Å². The molecule has 0 unspecified atom stereocenters. The minimum atomic E-state index is -0.121. The molecule has 1 aromatic carbocycles. The summed E-state index contributed by atoms with van der Waals surface area (Å²) < 4.78 is 13.6. The van der Waals surface area contributed by atoms with Crippen molar-refractivity contribution in [1.82, 2.24) is 10.6 Å². The van der Waals surface area contributed by atoms with Gasteiger partial charge in [0.25, 0.3) is 0 Å². The summed E-state index contributed by atoms with van der Waals surface area (Å²) in [6.07, 6.45) is 2.22. The van der Waals surface area contributed by atoms with E-state index in [1.165, 1.54) is 11.1 Å². The zero-order chi connectivity index (χ0) is 18.9. The molecule has 1 fully saturated rings. The molecule has 4 nitrogen and oxygen atoms in total. The molecule has 1 aliphatic rings. The third kappa shape index (κ3) is 7.11. The lowest BCUT2D eigenvalue weighted by atomic mass is 10.1. The highest BCUT2D eigenvalue weighted by molar-refractivity contribution is 14.0. The van der Waals surface area contributed by atoms with E-state index >= 15 is 0 Å². The summed E-state index contributed by atoms with van der Waals surface area (Å²) >= 11 is 3.53. The van der Waals surface area contributed by atoms with Crippen LogP contribution in [0.25, 0.3) is 0 Å². The maximum atomic E-state index is 13.6. The molecule has 0 spiro atoms. The molecule has 154 valence electrons. The normalized spacial score (nSPS) is 15.2. The van der Waals surface area contributed by atoms with Crippen molar-refractivity contribution in [2.24, 2.45) is 4.99 Å². The molecule has 8 heteroatoms. The summed E-state index contributed by atoms with van der Waals surface area (Å²) in [5.41, 5.74) is 0.766. The van der Waals surface area contributed by atoms with Crippen molar-refractivity contribution in [2.75, 3.05) is 37.3 Å². The number of aliphatic imine (C=N–C) groups is 1. The van der Waals surface area contributed by atoms with Crippen molar-refractivity contribution in [1.29, 1.82) is 0 Å². The largest absolute Gasteiger partial charge is 0.363 e. The molecule has 0 radical (unpaired) electrons. The first kappa shape index (κ1) is 23.3. The average molecular weight is 535 g/mol. The Labute approximate surface area is 192 Å². The summed E-state index contributed by atoms with van der Waals surface area (Å²) in [4.78, 5) is 6.79. The standard InChI is InChI=1S/C20H27FN4S2.HI/c1-22-20(23-10-14-26-15-16-5-2-3-6-18(16)21)24-17-8-11-25(12-9-17)19-7-4-13-27-19;/h2-7,13,17H,8-12,14-15H2,1H3,(H2,22,23,24);1H. The Bertz CT molecular complexity index is 719. The molecular formula is C20H28FIN4S2. The van der Waals surface area contributed by atoms with Crippen molar-refractivity contribution in [2.45, 2.75) is 24.6 Å². The van der Waals surface area contributed by atoms with E-state index < -0.39 is 0 Å². The van der Waals surface area contributed by atoms with E-state index in [1.807, 2.05) is 30.5 Å². The Kier molecular flexibility index (Phi) is 10.4. The van der Waals surface area contributed by atoms with Crippen LogP contribution in [0.2, 0.25) is 0 Å². The first-order valence-corrected chi connectivity index (χ1v) is 11.4. The van der Waals surface area contributed by atoms with Gasteiger partial charge in [-0.05, 0) is 42.0 Å². The molecule has 0 atom stereocenters. The topological polar surface area (TPSA) is 39.7 Å². The second-order valence-electron chi connectivity index (χ2n) is 6.50. The molecule has 1 aromatic heterocycles. The molecule has 2 N–H and O–H groups in total. The van der Waals surface area contributed by atoms with Crippen molar-refractivity contribution in [3.05, 3.63) is 53.2 Å². The molecular weight excluding hydrogens is 506 g/mol. The van der Waals surface area contributed by atoms with Crippen molar-refractivity contribution < 1.29 is 4.39 Å². The van der Waals surface area contributed by atoms with Gasteiger partial charge in [0.05, 0.1) is 5.00 Å². The van der Waals surface area contributed by atoms with Crippen LogP contribution in [0.3, 0.4) is 0 Å². The Morgan fingerprint density at radius 3 is 2.71 bits per heavy atom. The minimum Gasteiger partial charge on any atom is -0.363 e. The number of thioether (sulfide) groups is 1. The summed E-state index contributed by atoms with van der Waals surface area (Å²) in [5, 5.41) is 10.4. The van der Waals surface area contributed by atoms with Crippen LogP contribution in [-0.2, 0) is 5.75 Å². The second kappa shape index (κ2) is 12.5. The molecule has 3 rings (SSSR count). The number of benzene rings is 1. The van der Waals surface area contributed by atoms with Crippen LogP contribution < -0.4 is 15.5 Å². The first-order chi connectivity index (χ1) is 13.3. The minimum absolute atomic E-state index is 0. The molecule has 0 saturated carbocycles. The average Bonchev–Trinajstić information content (AvgIpc) is 3.23. The molecule has 0 aliphatic carbocycles. The fraction of sp³-hybridized carbons (Fsp3) is 0.450. The van der Waals surface area contributed by atoms with Gasteiger partial charge in [-0.1, -0.05) is 18.2 Å². The number of anilines is 1. The van der Waals surface area contributed by atoms with Crippen LogP contribution >= 0.6 is 47.1 Å². The molecule has 28 heavy (non-hydrogen) atoms. The lowest BCUT2D eigenvalue weighted by Gasteiger charge is -2.33. The van der Waals surface area contributed by atoms with E-state index in [4.69, 9.17) is 0 Å². The second-order valence-corrected chi connectivity index (χ2v) is 8.53. The maximum Gasteiger partial charge on any atom is 0.191 e. The Hall–Kier alpha value is -1.000. The number of hydrogen-bond acceptors (Lipinski definition) is 4. The van der Waals surface area contributed by atoms with Crippen LogP contribution in [0.4, 0.5) is 9.39 Å². The highest BCUT2D eigenvalue weighted by Gasteiger charge is 2.20. The molecule has 1 aliphatic heterocycles. The van der Waals surface area contributed by atoms with Crippen molar-refractivity contribution >= 4 is 58.0 Å². The van der Waals surface area contributed by atoms with Gasteiger partial charge >= 0.3 is 0 Å². The lowest BCUT2D eigenvalue weighted by molar-refractivity contribution is 0.463. The summed E-state index contributed by atoms with van der Waals surface area (Å²) in [7, 11) is 1.81. The predicted molar refractivity (Wildman–Crippen MR) is 132 cm³/mol. The van der Waals surface area contributed by atoms with Gasteiger partial charge in [-0.25, -0.2) is 4.39 Å². The molecule has 0 amide bonds. The van der Waals surface area contributed by atoms with E-state index in [9.17, 15) is 4.39 Å². The van der Waals surface area contributed by atoms with Crippen molar-refractivity contribution in [3.8, 4) is 0 Å². The van der Waals surface area contributed by atoms with Crippen LogP contribution in [0.15, 0.2) is 46.8 Å². The van der Waals surface area contributed by atoms with Gasteiger partial charge < -0.3 is 15.5 Å². The Morgan fingerprint density at radius 1 is 1.25 bits per heavy atom. The van der Waals surface area contributed by atoms with E-state index in [0.29, 0.717) is 11.8 Å². The van der Waals surface area contributed by atoms with Crippen LogP contribution in [0, 0.1) is 5.82 Å². The van der Waals surface area contributed by atoms with Gasteiger partial charge in [0.1, 0.15) is 5.82 Å². The smallest absolute Gasteiger partial charge is 0.191 e. The van der Waals surface area contributed by atoms with E-state index in [-0.39, 0.29) is 29.8 Å². The van der Waals surface area contributed by atoms with Crippen LogP contribution in [-0.4, -0.2) is 44.4 Å². The SMILES string of the molecule is CN=C(NCCSCc1ccccc1F)NC1CCN(c2cccs2)CC1.I. The third-order valence-electron chi connectivity index (χ3n) is 4.63. The number of thiophene rings is 1. The molecule has 2 aromatic rings. The fourth-order valence-electron chi connectivity index (χ4n) is 3.12. The molecule has 2 heterocycles. The van der Waals surface area contributed by atoms with Crippen LogP contribution in [0.1, 0.15) is 18.4 Å². The zero-order valence-electron chi connectivity index (χ0n) is 16.1. The summed E-state index contributed by atoms with van der Waals surface area (Å²) in [5.74, 6) is 2.34. The van der Waals surface area contributed by atoms with Crippen LogP contribution in [0.5, 0.6) is 0 Å². The van der Waals surface area contributed by atoms with E-state index in [1.54, 1.807) is 17.8 Å². The third-order valence-corrected chi connectivity index (χ3v) is 6.57. The first-order valence-electron chi connectivity index (χ1n) is 9.33. The Balaban J connectivity index is 0.00000280. The van der Waals surface area contributed by atoms with Gasteiger partial charge in [-0.2, -0.15) is 11.8 Å². The summed E-state index contributed by atoms with van der Waals surface area (Å²) in [6.45, 7) is 2.97. The van der Waals surface area contributed by atoms with Gasteiger partial charge in [-0.3, -0.25) is 4.99 Å². The highest BCUT2D eigenvalue weighted by atomic mass is 127. The van der Waals surface area contributed by atoms with Gasteiger partial charge in [0.15, 0.2) is 5.96 Å². The number of hydrogen-bond donors (Lipinski definition) is 2.